The molecule has 3 nitrogen and oxygen atoms in total. The topological polar surface area (TPSA) is 32.3 Å². The summed E-state index contributed by atoms with van der Waals surface area (Å²) < 4.78 is 0. The lowest BCUT2D eigenvalue weighted by Gasteiger charge is -2.39. The van der Waals surface area contributed by atoms with Crippen LogP contribution in [0, 0.1) is 5.41 Å². The van der Waals surface area contributed by atoms with E-state index in [1.165, 1.54) is 6.42 Å². The molecule has 1 N–H and O–H groups in total. The van der Waals surface area contributed by atoms with Crippen LogP contribution < -0.4 is 5.32 Å². The monoisotopic (exact) mass is 390 g/mol. The summed E-state index contributed by atoms with van der Waals surface area (Å²) in [7, 11) is 0. The van der Waals surface area contributed by atoms with Crippen LogP contribution in [-0.4, -0.2) is 37.0 Å². The Morgan fingerprint density at radius 3 is 2.38 bits per heavy atom. The number of benzene rings is 2. The summed E-state index contributed by atoms with van der Waals surface area (Å²) in [6.45, 7) is 3.86. The van der Waals surface area contributed by atoms with Gasteiger partial charge in [0.1, 0.15) is 0 Å². The zero-order valence-corrected chi connectivity index (χ0v) is 16.3. The first-order valence-corrected chi connectivity index (χ1v) is 9.40. The van der Waals surface area contributed by atoms with E-state index in [1.807, 2.05) is 41.3 Å². The highest BCUT2D eigenvalue weighted by Gasteiger charge is 2.38. The van der Waals surface area contributed by atoms with Crippen LogP contribution in [0.25, 0.3) is 11.1 Å². The van der Waals surface area contributed by atoms with Gasteiger partial charge in [0.25, 0.3) is 5.91 Å². The van der Waals surface area contributed by atoms with Crippen LogP contribution in [0.2, 0.25) is 5.02 Å². The van der Waals surface area contributed by atoms with Crippen molar-refractivity contribution in [1.29, 1.82) is 0 Å². The first kappa shape index (κ1) is 19.2. The zero-order valence-electron chi connectivity index (χ0n) is 14.7. The Labute approximate surface area is 166 Å². The molecule has 4 rings (SSSR count). The Kier molecular flexibility index (Phi) is 5.91. The SMILES string of the molecule is Cl.O=C(c1cc(-c2ccccc2)ccc1Cl)N1CCC2(CCNC2)CC1. The van der Waals surface area contributed by atoms with E-state index in [2.05, 4.69) is 17.4 Å². The molecule has 0 aromatic heterocycles. The van der Waals surface area contributed by atoms with Crippen molar-refractivity contribution in [1.82, 2.24) is 10.2 Å². The van der Waals surface area contributed by atoms with Crippen LogP contribution in [0.3, 0.4) is 0 Å². The van der Waals surface area contributed by atoms with Crippen LogP contribution in [-0.2, 0) is 0 Å². The molecule has 138 valence electrons. The first-order valence-electron chi connectivity index (χ1n) is 9.02. The molecule has 0 bridgehead atoms. The molecule has 5 heteroatoms. The maximum atomic E-state index is 13.0. The second kappa shape index (κ2) is 7.99. The molecule has 26 heavy (non-hydrogen) atoms. The fourth-order valence-corrected chi connectivity index (χ4v) is 4.27. The van der Waals surface area contributed by atoms with Crippen LogP contribution in [0.4, 0.5) is 0 Å². The summed E-state index contributed by atoms with van der Waals surface area (Å²) in [5, 5.41) is 4.00. The average Bonchev–Trinajstić information content (AvgIpc) is 3.11. The minimum Gasteiger partial charge on any atom is -0.339 e. The predicted octanol–water partition coefficient (Wildman–Crippen LogP) is 4.64. The van der Waals surface area contributed by atoms with Crippen LogP contribution in [0.5, 0.6) is 0 Å². The third kappa shape index (κ3) is 3.75. The van der Waals surface area contributed by atoms with Gasteiger partial charge in [0.2, 0.25) is 0 Å². The highest BCUT2D eigenvalue weighted by Crippen LogP contribution is 2.37. The molecule has 2 aliphatic heterocycles. The lowest BCUT2D eigenvalue weighted by Crippen LogP contribution is -2.44. The summed E-state index contributed by atoms with van der Waals surface area (Å²) in [6.07, 6.45) is 3.41. The molecular formula is C21H24Cl2N2O. The number of carbonyl (C=O) groups is 1. The number of halogens is 2. The van der Waals surface area contributed by atoms with Crippen molar-refractivity contribution in [3.05, 3.63) is 59.1 Å². The van der Waals surface area contributed by atoms with Gasteiger partial charge in [-0.1, -0.05) is 48.0 Å². The average molecular weight is 391 g/mol. The second-order valence-electron chi connectivity index (χ2n) is 7.28. The van der Waals surface area contributed by atoms with Gasteiger partial charge in [-0.25, -0.2) is 0 Å². The van der Waals surface area contributed by atoms with Gasteiger partial charge in [0, 0.05) is 19.6 Å². The normalized spacial score (nSPS) is 18.6. The van der Waals surface area contributed by atoms with Crippen molar-refractivity contribution in [3.63, 3.8) is 0 Å². The number of likely N-dealkylation sites (tertiary alicyclic amines) is 1. The predicted molar refractivity (Wildman–Crippen MR) is 109 cm³/mol. The molecule has 0 radical (unpaired) electrons. The number of nitrogens with zero attached hydrogens (tertiary/aromatic N) is 1. The summed E-state index contributed by atoms with van der Waals surface area (Å²) in [5.41, 5.74) is 3.15. The van der Waals surface area contributed by atoms with Crippen molar-refractivity contribution < 1.29 is 4.79 Å². The minimum atomic E-state index is 0. The zero-order chi connectivity index (χ0) is 17.3. The Morgan fingerprint density at radius 1 is 1.00 bits per heavy atom. The minimum absolute atomic E-state index is 0. The van der Waals surface area contributed by atoms with Gasteiger partial charge in [-0.15, -0.1) is 12.4 Å². The number of rotatable bonds is 2. The summed E-state index contributed by atoms with van der Waals surface area (Å²) in [4.78, 5) is 15.0. The largest absolute Gasteiger partial charge is 0.339 e. The molecule has 2 heterocycles. The van der Waals surface area contributed by atoms with Crippen LogP contribution in [0.1, 0.15) is 29.6 Å². The first-order chi connectivity index (χ1) is 12.2. The van der Waals surface area contributed by atoms with Crippen LogP contribution in [0.15, 0.2) is 48.5 Å². The Balaban J connectivity index is 0.00000196. The lowest BCUT2D eigenvalue weighted by molar-refractivity contribution is 0.0608. The maximum Gasteiger partial charge on any atom is 0.255 e. The van der Waals surface area contributed by atoms with Gasteiger partial charge in [0.05, 0.1) is 10.6 Å². The number of hydrogen-bond acceptors (Lipinski definition) is 2. The number of nitrogens with one attached hydrogen (secondary N) is 1. The molecule has 2 aromatic rings. The van der Waals surface area contributed by atoms with E-state index in [4.69, 9.17) is 11.6 Å². The summed E-state index contributed by atoms with van der Waals surface area (Å²) in [5.74, 6) is 0.0589. The van der Waals surface area contributed by atoms with Crippen molar-refractivity contribution in [2.75, 3.05) is 26.2 Å². The van der Waals surface area contributed by atoms with Crippen molar-refractivity contribution in [2.24, 2.45) is 5.41 Å². The van der Waals surface area contributed by atoms with E-state index in [9.17, 15) is 4.79 Å². The van der Waals surface area contributed by atoms with E-state index < -0.39 is 0 Å². The maximum absolute atomic E-state index is 13.0. The van der Waals surface area contributed by atoms with Gasteiger partial charge in [-0.05, 0) is 54.5 Å². The molecule has 2 aliphatic rings. The molecule has 2 fully saturated rings. The summed E-state index contributed by atoms with van der Waals surface area (Å²) >= 11 is 6.36. The van der Waals surface area contributed by atoms with Crippen molar-refractivity contribution in [3.8, 4) is 11.1 Å². The number of amides is 1. The van der Waals surface area contributed by atoms with Crippen molar-refractivity contribution in [2.45, 2.75) is 19.3 Å². The van der Waals surface area contributed by atoms with Gasteiger partial charge in [-0.2, -0.15) is 0 Å². The molecule has 0 unspecified atom stereocenters. The molecule has 1 amide bonds. The Hall–Kier alpha value is -1.55. The van der Waals surface area contributed by atoms with Crippen molar-refractivity contribution >= 4 is 29.9 Å². The molecule has 0 saturated carbocycles. The molecule has 2 saturated heterocycles. The van der Waals surface area contributed by atoms with E-state index in [0.29, 0.717) is 16.0 Å². The van der Waals surface area contributed by atoms with E-state index >= 15 is 0 Å². The van der Waals surface area contributed by atoms with E-state index in [0.717, 1.165) is 50.1 Å². The third-order valence-corrected chi connectivity index (χ3v) is 6.08. The number of carbonyl (C=O) groups excluding carboxylic acids is 1. The molecular weight excluding hydrogens is 367 g/mol. The molecule has 2 aromatic carbocycles. The van der Waals surface area contributed by atoms with Gasteiger partial charge in [0.15, 0.2) is 0 Å². The Bertz CT molecular complexity index is 763. The second-order valence-corrected chi connectivity index (χ2v) is 7.69. The van der Waals surface area contributed by atoms with Crippen LogP contribution >= 0.6 is 24.0 Å². The van der Waals surface area contributed by atoms with E-state index in [1.54, 1.807) is 0 Å². The fraction of sp³-hybridized carbons (Fsp3) is 0.381. The molecule has 0 atom stereocenters. The quantitative estimate of drug-likeness (QED) is 0.809. The van der Waals surface area contributed by atoms with Gasteiger partial charge >= 0.3 is 0 Å². The smallest absolute Gasteiger partial charge is 0.255 e. The lowest BCUT2D eigenvalue weighted by atomic mass is 9.78. The van der Waals surface area contributed by atoms with Gasteiger partial charge < -0.3 is 10.2 Å². The third-order valence-electron chi connectivity index (χ3n) is 5.75. The Morgan fingerprint density at radius 2 is 1.73 bits per heavy atom. The highest BCUT2D eigenvalue weighted by atomic mass is 35.5. The van der Waals surface area contributed by atoms with Gasteiger partial charge in [-0.3, -0.25) is 4.79 Å². The van der Waals surface area contributed by atoms with E-state index in [-0.39, 0.29) is 18.3 Å². The number of hydrogen-bond donors (Lipinski definition) is 1. The number of piperidine rings is 1. The standard InChI is InChI=1S/C21H23ClN2O.ClH/c22-19-7-6-17(16-4-2-1-3-5-16)14-18(19)20(25)24-12-9-21(10-13-24)8-11-23-15-21;/h1-7,14,23H,8-13,15H2;1H. The molecule has 1 spiro atoms. The fourth-order valence-electron chi connectivity index (χ4n) is 4.08. The molecule has 0 aliphatic carbocycles. The summed E-state index contributed by atoms with van der Waals surface area (Å²) in [6, 6.07) is 15.8. The highest BCUT2D eigenvalue weighted by molar-refractivity contribution is 6.34.